The molecule has 0 unspecified atom stereocenters. The van der Waals surface area contributed by atoms with Crippen LogP contribution in [-0.2, 0) is 6.42 Å². The van der Waals surface area contributed by atoms with Crippen LogP contribution in [0, 0.1) is 0 Å². The minimum absolute atomic E-state index is 0.00408. The molecule has 0 radical (unpaired) electrons. The molecule has 3 aromatic rings. The second-order valence-corrected chi connectivity index (χ2v) is 7.12. The fraction of sp³-hybridized carbons (Fsp3) is 0.304. The number of carbonyl (C=O) groups excluding carboxylic acids is 1. The summed E-state index contributed by atoms with van der Waals surface area (Å²) in [5.74, 6) is 0.860. The van der Waals surface area contributed by atoms with E-state index in [0.717, 1.165) is 47.4 Å². The quantitative estimate of drug-likeness (QED) is 0.726. The number of methoxy groups -OCH3 is 1. The SMILES string of the molecule is COc1ccccc1CCNC(=O)N1CCN(c2cccc3cccnc23)CC1. The fourth-order valence-corrected chi connectivity index (χ4v) is 3.82. The van der Waals surface area contributed by atoms with Gasteiger partial charge in [0.1, 0.15) is 5.75 Å². The lowest BCUT2D eigenvalue weighted by Gasteiger charge is -2.36. The number of hydrogen-bond acceptors (Lipinski definition) is 4. The van der Waals surface area contributed by atoms with Crippen molar-refractivity contribution in [2.75, 3.05) is 44.7 Å². The van der Waals surface area contributed by atoms with Crippen molar-refractivity contribution in [2.45, 2.75) is 6.42 Å². The van der Waals surface area contributed by atoms with E-state index in [1.54, 1.807) is 7.11 Å². The first-order valence-corrected chi connectivity index (χ1v) is 9.99. The molecule has 2 heterocycles. The third-order valence-electron chi connectivity index (χ3n) is 5.38. The van der Waals surface area contributed by atoms with E-state index >= 15 is 0 Å². The van der Waals surface area contributed by atoms with Gasteiger partial charge < -0.3 is 19.9 Å². The van der Waals surface area contributed by atoms with Crippen molar-refractivity contribution in [3.63, 3.8) is 0 Å². The van der Waals surface area contributed by atoms with E-state index in [1.165, 1.54) is 0 Å². The van der Waals surface area contributed by atoms with Crippen LogP contribution in [0.4, 0.5) is 10.5 Å². The molecule has 29 heavy (non-hydrogen) atoms. The number of benzene rings is 2. The van der Waals surface area contributed by atoms with Crippen molar-refractivity contribution in [3.05, 3.63) is 66.4 Å². The molecule has 0 bridgehead atoms. The van der Waals surface area contributed by atoms with Gasteiger partial charge in [-0.25, -0.2) is 4.79 Å². The first kappa shape index (κ1) is 19.1. The van der Waals surface area contributed by atoms with Crippen LogP contribution < -0.4 is 15.0 Å². The zero-order chi connectivity index (χ0) is 20.1. The monoisotopic (exact) mass is 390 g/mol. The van der Waals surface area contributed by atoms with Gasteiger partial charge in [-0.1, -0.05) is 36.4 Å². The Balaban J connectivity index is 1.30. The van der Waals surface area contributed by atoms with E-state index < -0.39 is 0 Å². The molecular formula is C23H26N4O2. The molecule has 2 amide bonds. The van der Waals surface area contributed by atoms with Gasteiger partial charge in [-0.2, -0.15) is 0 Å². The minimum Gasteiger partial charge on any atom is -0.496 e. The number of rotatable bonds is 5. The van der Waals surface area contributed by atoms with Crippen LogP contribution in [0.2, 0.25) is 0 Å². The van der Waals surface area contributed by atoms with E-state index in [9.17, 15) is 4.79 Å². The highest BCUT2D eigenvalue weighted by molar-refractivity contribution is 5.90. The number of hydrogen-bond donors (Lipinski definition) is 1. The lowest BCUT2D eigenvalue weighted by atomic mass is 10.1. The van der Waals surface area contributed by atoms with E-state index in [1.807, 2.05) is 41.4 Å². The number of para-hydroxylation sites is 2. The minimum atomic E-state index is -0.00408. The summed E-state index contributed by atoms with van der Waals surface area (Å²) in [6.07, 6.45) is 2.58. The number of nitrogens with zero attached hydrogens (tertiary/aromatic N) is 3. The summed E-state index contributed by atoms with van der Waals surface area (Å²) in [5, 5.41) is 4.18. The summed E-state index contributed by atoms with van der Waals surface area (Å²) in [7, 11) is 1.67. The maximum absolute atomic E-state index is 12.6. The molecule has 4 rings (SSSR count). The topological polar surface area (TPSA) is 57.7 Å². The first-order chi connectivity index (χ1) is 14.3. The molecule has 1 fully saturated rings. The van der Waals surface area contributed by atoms with Crippen LogP contribution >= 0.6 is 0 Å². The average molecular weight is 390 g/mol. The Labute approximate surface area is 171 Å². The number of ether oxygens (including phenoxy) is 1. The maximum Gasteiger partial charge on any atom is 0.317 e. The number of amides is 2. The second kappa shape index (κ2) is 8.82. The maximum atomic E-state index is 12.6. The number of pyridine rings is 1. The van der Waals surface area contributed by atoms with E-state index in [2.05, 4.69) is 39.5 Å². The van der Waals surface area contributed by atoms with Gasteiger partial charge in [0.2, 0.25) is 0 Å². The normalized spacial score (nSPS) is 14.1. The molecule has 0 saturated carbocycles. The zero-order valence-electron chi connectivity index (χ0n) is 16.7. The van der Waals surface area contributed by atoms with Crippen LogP contribution in [0.1, 0.15) is 5.56 Å². The van der Waals surface area contributed by atoms with Crippen molar-refractivity contribution >= 4 is 22.6 Å². The Bertz CT molecular complexity index is 978. The predicted octanol–water partition coefficient (Wildman–Crippen LogP) is 3.32. The summed E-state index contributed by atoms with van der Waals surface area (Å²) in [6.45, 7) is 3.59. The molecule has 150 valence electrons. The second-order valence-electron chi connectivity index (χ2n) is 7.12. The Morgan fingerprint density at radius 2 is 1.83 bits per heavy atom. The Morgan fingerprint density at radius 1 is 1.03 bits per heavy atom. The summed E-state index contributed by atoms with van der Waals surface area (Å²) >= 11 is 0. The van der Waals surface area contributed by atoms with Crippen molar-refractivity contribution < 1.29 is 9.53 Å². The summed E-state index contributed by atoms with van der Waals surface area (Å²) in [6, 6.07) is 18.2. The Morgan fingerprint density at radius 3 is 2.66 bits per heavy atom. The fourth-order valence-electron chi connectivity index (χ4n) is 3.82. The molecular weight excluding hydrogens is 364 g/mol. The smallest absolute Gasteiger partial charge is 0.317 e. The van der Waals surface area contributed by atoms with Gasteiger partial charge in [-0.3, -0.25) is 4.98 Å². The van der Waals surface area contributed by atoms with Crippen LogP contribution in [0.15, 0.2) is 60.8 Å². The number of fused-ring (bicyclic) bond motifs is 1. The van der Waals surface area contributed by atoms with Crippen molar-refractivity contribution in [2.24, 2.45) is 0 Å². The van der Waals surface area contributed by atoms with Crippen molar-refractivity contribution in [3.8, 4) is 5.75 Å². The van der Waals surface area contributed by atoms with Crippen LogP contribution in [0.3, 0.4) is 0 Å². The van der Waals surface area contributed by atoms with Gasteiger partial charge in [0.15, 0.2) is 0 Å². The molecule has 6 heteroatoms. The highest BCUT2D eigenvalue weighted by Gasteiger charge is 2.22. The molecule has 1 aliphatic heterocycles. The van der Waals surface area contributed by atoms with E-state index in [4.69, 9.17) is 4.74 Å². The lowest BCUT2D eigenvalue weighted by Crippen LogP contribution is -2.52. The Hall–Kier alpha value is -3.28. The van der Waals surface area contributed by atoms with Gasteiger partial charge >= 0.3 is 6.03 Å². The lowest BCUT2D eigenvalue weighted by molar-refractivity contribution is 0.194. The van der Waals surface area contributed by atoms with Crippen LogP contribution in [0.25, 0.3) is 10.9 Å². The third-order valence-corrected chi connectivity index (χ3v) is 5.38. The summed E-state index contributed by atoms with van der Waals surface area (Å²) in [4.78, 5) is 21.3. The molecule has 0 spiro atoms. The zero-order valence-corrected chi connectivity index (χ0v) is 16.7. The van der Waals surface area contributed by atoms with Crippen molar-refractivity contribution in [1.82, 2.24) is 15.2 Å². The third kappa shape index (κ3) is 4.26. The molecule has 2 aromatic carbocycles. The van der Waals surface area contributed by atoms with Crippen LogP contribution in [0.5, 0.6) is 5.75 Å². The standard InChI is InChI=1S/C23H26N4O2/c1-29-21-10-3-2-6-18(21)11-13-25-23(28)27-16-14-26(15-17-27)20-9-4-7-19-8-5-12-24-22(19)20/h2-10,12H,11,13-17H2,1H3,(H,25,28). The molecule has 1 aliphatic rings. The molecule has 0 atom stereocenters. The number of urea groups is 1. The molecule has 1 N–H and O–H groups in total. The first-order valence-electron chi connectivity index (χ1n) is 9.99. The predicted molar refractivity (Wildman–Crippen MR) is 116 cm³/mol. The van der Waals surface area contributed by atoms with Gasteiger partial charge in [0.05, 0.1) is 18.3 Å². The van der Waals surface area contributed by atoms with Gasteiger partial charge in [-0.15, -0.1) is 0 Å². The highest BCUT2D eigenvalue weighted by Crippen LogP contribution is 2.25. The molecule has 0 aliphatic carbocycles. The number of nitrogens with one attached hydrogen (secondary N) is 1. The van der Waals surface area contributed by atoms with Crippen molar-refractivity contribution in [1.29, 1.82) is 0 Å². The largest absolute Gasteiger partial charge is 0.496 e. The number of carbonyl (C=O) groups is 1. The summed E-state index contributed by atoms with van der Waals surface area (Å²) < 4.78 is 5.37. The van der Waals surface area contributed by atoms with E-state index in [0.29, 0.717) is 19.6 Å². The number of piperazine rings is 1. The molecule has 1 aromatic heterocycles. The van der Waals surface area contributed by atoms with E-state index in [-0.39, 0.29) is 6.03 Å². The number of aromatic nitrogens is 1. The molecule has 1 saturated heterocycles. The van der Waals surface area contributed by atoms with Gasteiger partial charge in [0, 0.05) is 44.3 Å². The highest BCUT2D eigenvalue weighted by atomic mass is 16.5. The molecule has 6 nitrogen and oxygen atoms in total. The van der Waals surface area contributed by atoms with Crippen LogP contribution in [-0.4, -0.2) is 55.7 Å². The van der Waals surface area contributed by atoms with Gasteiger partial charge in [0.25, 0.3) is 0 Å². The average Bonchev–Trinajstić information content (AvgIpc) is 2.79. The Kier molecular flexibility index (Phi) is 5.79. The number of anilines is 1. The summed E-state index contributed by atoms with van der Waals surface area (Å²) in [5.41, 5.74) is 3.26. The van der Waals surface area contributed by atoms with Gasteiger partial charge in [-0.05, 0) is 30.2 Å².